The van der Waals surface area contributed by atoms with Gasteiger partial charge >= 0.3 is 0 Å². The predicted molar refractivity (Wildman–Crippen MR) is 87.1 cm³/mol. The van der Waals surface area contributed by atoms with E-state index in [2.05, 4.69) is 22.8 Å². The fourth-order valence-corrected chi connectivity index (χ4v) is 2.46. The first-order valence-corrected chi connectivity index (χ1v) is 7.39. The van der Waals surface area contributed by atoms with Crippen molar-refractivity contribution in [2.75, 3.05) is 52.8 Å². The van der Waals surface area contributed by atoms with Gasteiger partial charge in [0.1, 0.15) is 0 Å². The van der Waals surface area contributed by atoms with Gasteiger partial charge < -0.3 is 19.7 Å². The Hall–Kier alpha value is -1.57. The van der Waals surface area contributed by atoms with Crippen molar-refractivity contribution in [2.45, 2.75) is 0 Å². The molecular weight excluding hydrogens is 288 g/mol. The molecule has 1 fully saturated rings. The van der Waals surface area contributed by atoms with Gasteiger partial charge in [0.2, 0.25) is 0 Å². The van der Waals surface area contributed by atoms with Gasteiger partial charge in [-0.25, -0.2) is 5.01 Å². The second kappa shape index (κ2) is 7.44. The molecule has 0 bridgehead atoms. The number of hydrogen-bond donors (Lipinski definition) is 3. The highest BCUT2D eigenvalue weighted by atomic mass is 32.1. The molecule has 0 spiro atoms. The van der Waals surface area contributed by atoms with Crippen molar-refractivity contribution >= 4 is 23.0 Å². The topological polar surface area (TPSA) is 50.2 Å². The van der Waals surface area contributed by atoms with Crippen molar-refractivity contribution < 1.29 is 14.4 Å². The van der Waals surface area contributed by atoms with Gasteiger partial charge in [-0.1, -0.05) is 0 Å². The van der Waals surface area contributed by atoms with E-state index in [1.807, 2.05) is 18.2 Å². The van der Waals surface area contributed by atoms with E-state index in [1.54, 1.807) is 19.1 Å². The number of ether oxygens (including phenoxy) is 2. The number of hydrogen-bond acceptors (Lipinski definition) is 4. The molecule has 1 aliphatic heterocycles. The van der Waals surface area contributed by atoms with Gasteiger partial charge in [0.25, 0.3) is 0 Å². The minimum absolute atomic E-state index is 0.585. The molecular formula is C14H23N4O2S+. The molecule has 0 saturated carbocycles. The number of nitrogens with zero attached hydrogens (tertiary/aromatic N) is 1. The SMILES string of the molecule is COc1ccc(NC(=S)NN2CC[NH+](C)CC2)cc1OC. The number of methoxy groups -OCH3 is 2. The van der Waals surface area contributed by atoms with Crippen LogP contribution in [0.2, 0.25) is 0 Å². The van der Waals surface area contributed by atoms with E-state index in [4.69, 9.17) is 21.7 Å². The second-order valence-electron chi connectivity index (χ2n) is 5.08. The van der Waals surface area contributed by atoms with Gasteiger partial charge in [-0.2, -0.15) is 0 Å². The third-order valence-corrected chi connectivity index (χ3v) is 3.71. The molecule has 7 heteroatoms. The van der Waals surface area contributed by atoms with Crippen molar-refractivity contribution in [1.82, 2.24) is 10.4 Å². The average Bonchev–Trinajstić information content (AvgIpc) is 2.49. The lowest BCUT2D eigenvalue weighted by atomic mass is 10.3. The maximum atomic E-state index is 5.34. The molecule has 2 rings (SSSR count). The van der Waals surface area contributed by atoms with Crippen LogP contribution >= 0.6 is 12.2 Å². The van der Waals surface area contributed by atoms with Crippen molar-refractivity contribution in [2.24, 2.45) is 0 Å². The van der Waals surface area contributed by atoms with Crippen LogP contribution in [0.1, 0.15) is 0 Å². The number of likely N-dealkylation sites (N-methyl/N-ethyl adjacent to an activating group) is 1. The summed E-state index contributed by atoms with van der Waals surface area (Å²) in [6.07, 6.45) is 0. The van der Waals surface area contributed by atoms with Crippen LogP contribution in [-0.4, -0.2) is 57.6 Å². The third-order valence-electron chi connectivity index (χ3n) is 3.52. The van der Waals surface area contributed by atoms with Gasteiger partial charge in [0.15, 0.2) is 16.6 Å². The number of quaternary nitrogens is 1. The molecule has 3 N–H and O–H groups in total. The van der Waals surface area contributed by atoms with Crippen molar-refractivity contribution in [3.63, 3.8) is 0 Å². The van der Waals surface area contributed by atoms with Crippen LogP contribution in [-0.2, 0) is 0 Å². The summed E-state index contributed by atoms with van der Waals surface area (Å²) in [6, 6.07) is 5.62. The Balaban J connectivity index is 1.90. The number of benzene rings is 1. The number of rotatable bonds is 4. The molecule has 0 aromatic heterocycles. The first kappa shape index (κ1) is 15.8. The fraction of sp³-hybridized carbons (Fsp3) is 0.500. The zero-order valence-electron chi connectivity index (χ0n) is 12.7. The summed E-state index contributed by atoms with van der Waals surface area (Å²) >= 11 is 5.34. The number of piperazine rings is 1. The second-order valence-corrected chi connectivity index (χ2v) is 5.49. The number of thiocarbonyl (C=S) groups is 1. The van der Waals surface area contributed by atoms with E-state index in [-0.39, 0.29) is 0 Å². The molecule has 1 aromatic rings. The highest BCUT2D eigenvalue weighted by Gasteiger charge is 2.17. The summed E-state index contributed by atoms with van der Waals surface area (Å²) in [5.74, 6) is 1.37. The Morgan fingerprint density at radius 1 is 1.19 bits per heavy atom. The standard InChI is InChI=1S/C14H22N4O2S/c1-17-6-8-18(9-7-17)16-14(21)15-11-4-5-12(19-2)13(10-11)20-3/h4-5,10H,6-9H2,1-3H3,(H2,15,16,21)/p+1. The van der Waals surface area contributed by atoms with E-state index in [0.717, 1.165) is 31.9 Å². The first-order valence-electron chi connectivity index (χ1n) is 6.98. The monoisotopic (exact) mass is 311 g/mol. The number of anilines is 1. The smallest absolute Gasteiger partial charge is 0.185 e. The van der Waals surface area contributed by atoms with Gasteiger partial charge in [-0.05, 0) is 24.4 Å². The molecule has 1 heterocycles. The lowest BCUT2D eigenvalue weighted by molar-refractivity contribution is -0.884. The minimum Gasteiger partial charge on any atom is -0.493 e. The Morgan fingerprint density at radius 3 is 2.48 bits per heavy atom. The molecule has 0 amide bonds. The van der Waals surface area contributed by atoms with Gasteiger partial charge in [-0.15, -0.1) is 0 Å². The Bertz CT molecular complexity index is 490. The highest BCUT2D eigenvalue weighted by molar-refractivity contribution is 7.80. The minimum atomic E-state index is 0.585. The number of hydrazine groups is 1. The molecule has 1 saturated heterocycles. The van der Waals surface area contributed by atoms with E-state index < -0.39 is 0 Å². The maximum Gasteiger partial charge on any atom is 0.185 e. The molecule has 0 aliphatic carbocycles. The summed E-state index contributed by atoms with van der Waals surface area (Å²) in [4.78, 5) is 1.55. The van der Waals surface area contributed by atoms with E-state index in [0.29, 0.717) is 16.6 Å². The van der Waals surface area contributed by atoms with E-state index in [9.17, 15) is 0 Å². The van der Waals surface area contributed by atoms with Crippen LogP contribution < -0.4 is 25.1 Å². The summed E-state index contributed by atoms with van der Waals surface area (Å²) < 4.78 is 10.5. The third kappa shape index (κ3) is 4.45. The normalized spacial score (nSPS) is 16.3. The largest absolute Gasteiger partial charge is 0.493 e. The average molecular weight is 311 g/mol. The molecule has 21 heavy (non-hydrogen) atoms. The lowest BCUT2D eigenvalue weighted by Crippen LogP contribution is -3.12. The van der Waals surface area contributed by atoms with E-state index >= 15 is 0 Å². The summed E-state index contributed by atoms with van der Waals surface area (Å²) in [6.45, 7) is 4.21. The van der Waals surface area contributed by atoms with E-state index in [1.165, 1.54) is 0 Å². The van der Waals surface area contributed by atoms with Gasteiger partial charge in [0, 0.05) is 11.8 Å². The summed E-state index contributed by atoms with van der Waals surface area (Å²) in [5, 5.41) is 5.89. The molecule has 1 aromatic carbocycles. The summed E-state index contributed by atoms with van der Waals surface area (Å²) in [7, 11) is 5.44. The molecule has 6 nitrogen and oxygen atoms in total. The number of nitrogens with one attached hydrogen (secondary N) is 3. The predicted octanol–water partition coefficient (Wildman–Crippen LogP) is -0.264. The van der Waals surface area contributed by atoms with Crippen LogP contribution in [0.4, 0.5) is 5.69 Å². The quantitative estimate of drug-likeness (QED) is 0.666. The van der Waals surface area contributed by atoms with Gasteiger partial charge in [-0.3, -0.25) is 5.43 Å². The Morgan fingerprint density at radius 2 is 1.86 bits per heavy atom. The van der Waals surface area contributed by atoms with Crippen LogP contribution in [0.25, 0.3) is 0 Å². The zero-order valence-corrected chi connectivity index (χ0v) is 13.5. The van der Waals surface area contributed by atoms with Gasteiger partial charge in [0.05, 0.1) is 47.4 Å². The van der Waals surface area contributed by atoms with Crippen LogP contribution in [0.3, 0.4) is 0 Å². The van der Waals surface area contributed by atoms with Crippen molar-refractivity contribution in [1.29, 1.82) is 0 Å². The van der Waals surface area contributed by atoms with Crippen LogP contribution in [0.5, 0.6) is 11.5 Å². The molecule has 1 aliphatic rings. The highest BCUT2D eigenvalue weighted by Crippen LogP contribution is 2.29. The fourth-order valence-electron chi connectivity index (χ4n) is 2.22. The van der Waals surface area contributed by atoms with Crippen LogP contribution in [0.15, 0.2) is 18.2 Å². The molecule has 0 unspecified atom stereocenters. The molecule has 116 valence electrons. The molecule has 0 atom stereocenters. The van der Waals surface area contributed by atoms with Crippen LogP contribution in [0, 0.1) is 0 Å². The molecule has 0 radical (unpaired) electrons. The summed E-state index contributed by atoms with van der Waals surface area (Å²) in [5.41, 5.74) is 4.09. The lowest BCUT2D eigenvalue weighted by Gasteiger charge is -2.31. The zero-order chi connectivity index (χ0) is 15.2. The Kier molecular flexibility index (Phi) is 5.60. The van der Waals surface area contributed by atoms with Crippen molar-refractivity contribution in [3.05, 3.63) is 18.2 Å². The Labute approximate surface area is 131 Å². The first-order chi connectivity index (χ1) is 10.1. The van der Waals surface area contributed by atoms with Crippen molar-refractivity contribution in [3.8, 4) is 11.5 Å². The maximum absolute atomic E-state index is 5.34.